The minimum absolute atomic E-state index is 0.0283. The molecule has 2 saturated carbocycles. The first-order chi connectivity index (χ1) is 13.5. The lowest BCUT2D eigenvalue weighted by atomic mass is 9.98. The van der Waals surface area contributed by atoms with E-state index in [-0.39, 0.29) is 30.8 Å². The molecule has 8 nitrogen and oxygen atoms in total. The molecule has 0 unspecified atom stereocenters. The Kier molecular flexibility index (Phi) is 4.78. The number of imide groups is 1. The summed E-state index contributed by atoms with van der Waals surface area (Å²) in [6.07, 6.45) is 4.95. The summed E-state index contributed by atoms with van der Waals surface area (Å²) in [6, 6.07) is 6.77. The maximum Gasteiger partial charge on any atom is 0.325 e. The number of rotatable bonds is 6. The Labute approximate surface area is 163 Å². The van der Waals surface area contributed by atoms with Gasteiger partial charge in [-0.25, -0.2) is 4.79 Å². The van der Waals surface area contributed by atoms with Crippen LogP contribution in [0.15, 0.2) is 24.3 Å². The second-order valence-corrected chi connectivity index (χ2v) is 7.85. The van der Waals surface area contributed by atoms with Gasteiger partial charge in [-0.1, -0.05) is 25.0 Å². The molecule has 0 aromatic heterocycles. The maximum atomic E-state index is 12.6. The largest absolute Gasteiger partial charge is 0.350 e. The molecule has 3 N–H and O–H groups in total. The fraction of sp³-hybridized carbons (Fsp3) is 0.500. The summed E-state index contributed by atoms with van der Waals surface area (Å²) in [7, 11) is 0. The van der Waals surface area contributed by atoms with Gasteiger partial charge in [-0.2, -0.15) is 0 Å². The van der Waals surface area contributed by atoms with Crippen molar-refractivity contribution in [2.45, 2.75) is 50.6 Å². The first kappa shape index (κ1) is 18.5. The van der Waals surface area contributed by atoms with Crippen molar-refractivity contribution in [3.63, 3.8) is 0 Å². The van der Waals surface area contributed by atoms with E-state index in [0.717, 1.165) is 36.1 Å². The summed E-state index contributed by atoms with van der Waals surface area (Å²) in [5, 5.41) is 8.37. The Hall–Kier alpha value is -2.90. The lowest BCUT2D eigenvalue weighted by Crippen LogP contribution is -2.45. The zero-order chi connectivity index (χ0) is 19.7. The number of benzene rings is 1. The highest BCUT2D eigenvalue weighted by atomic mass is 16.2. The van der Waals surface area contributed by atoms with Crippen LogP contribution < -0.4 is 16.0 Å². The molecule has 28 heavy (non-hydrogen) atoms. The van der Waals surface area contributed by atoms with Gasteiger partial charge in [0.1, 0.15) is 12.1 Å². The van der Waals surface area contributed by atoms with Gasteiger partial charge in [-0.05, 0) is 43.4 Å². The van der Waals surface area contributed by atoms with Crippen LogP contribution in [-0.2, 0) is 20.9 Å². The normalized spacial score (nSPS) is 20.4. The lowest BCUT2D eigenvalue weighted by molar-refractivity contribution is -0.134. The fourth-order valence-electron chi connectivity index (χ4n) is 3.89. The molecule has 3 fully saturated rings. The van der Waals surface area contributed by atoms with Crippen molar-refractivity contribution in [1.82, 2.24) is 15.5 Å². The van der Waals surface area contributed by atoms with Crippen LogP contribution in [0.3, 0.4) is 0 Å². The molecule has 5 amide bonds. The number of nitrogens with one attached hydrogen (secondary N) is 3. The number of nitrogens with zero attached hydrogens (tertiary/aromatic N) is 1. The number of carbonyl (C=O) groups excluding carboxylic acids is 4. The Morgan fingerprint density at radius 3 is 2.64 bits per heavy atom. The molecular weight excluding hydrogens is 360 g/mol. The van der Waals surface area contributed by atoms with Crippen LogP contribution in [0.4, 0.5) is 10.5 Å². The van der Waals surface area contributed by atoms with E-state index in [2.05, 4.69) is 16.0 Å². The molecule has 148 valence electrons. The summed E-state index contributed by atoms with van der Waals surface area (Å²) < 4.78 is 0. The zero-order valence-electron chi connectivity index (χ0n) is 15.6. The van der Waals surface area contributed by atoms with Gasteiger partial charge in [0.15, 0.2) is 0 Å². The predicted molar refractivity (Wildman–Crippen MR) is 101 cm³/mol. The third-order valence-corrected chi connectivity index (χ3v) is 5.64. The van der Waals surface area contributed by atoms with Gasteiger partial charge in [-0.15, -0.1) is 0 Å². The number of hydrogen-bond acceptors (Lipinski definition) is 4. The number of urea groups is 1. The third kappa shape index (κ3) is 3.72. The number of anilines is 1. The first-order valence-corrected chi connectivity index (χ1v) is 9.77. The highest BCUT2D eigenvalue weighted by Crippen LogP contribution is 2.35. The molecule has 1 aromatic rings. The van der Waals surface area contributed by atoms with Crippen molar-refractivity contribution in [3.8, 4) is 0 Å². The van der Waals surface area contributed by atoms with Crippen LogP contribution in [0.5, 0.6) is 0 Å². The fourth-order valence-corrected chi connectivity index (χ4v) is 3.89. The number of carbonyl (C=O) groups is 4. The van der Waals surface area contributed by atoms with Crippen molar-refractivity contribution in [1.29, 1.82) is 0 Å². The van der Waals surface area contributed by atoms with E-state index in [1.54, 1.807) is 6.07 Å². The van der Waals surface area contributed by atoms with E-state index in [4.69, 9.17) is 0 Å². The number of hydrogen-bond donors (Lipinski definition) is 3. The summed E-state index contributed by atoms with van der Waals surface area (Å²) in [6.45, 7) is -0.0364. The lowest BCUT2D eigenvalue weighted by Gasteiger charge is -2.19. The average Bonchev–Trinajstić information content (AvgIpc) is 3.39. The standard InChI is InChI=1S/C20H24N4O4/c25-16(12-24-18(27)20(23-19(24)28)8-1-2-9-20)21-11-13-4-3-5-15(10-13)22-17(26)14-6-7-14/h3-5,10,14H,1-2,6-9,11-12H2,(H,21,25)(H,22,26)(H,23,28). The minimum Gasteiger partial charge on any atom is -0.350 e. The van der Waals surface area contributed by atoms with Gasteiger partial charge in [0.2, 0.25) is 11.8 Å². The Balaban J connectivity index is 1.30. The van der Waals surface area contributed by atoms with Gasteiger partial charge in [-0.3, -0.25) is 19.3 Å². The Morgan fingerprint density at radius 2 is 1.93 bits per heavy atom. The van der Waals surface area contributed by atoms with Gasteiger partial charge in [0, 0.05) is 18.2 Å². The molecule has 0 atom stereocenters. The molecular formula is C20H24N4O4. The third-order valence-electron chi connectivity index (χ3n) is 5.64. The second-order valence-electron chi connectivity index (χ2n) is 7.85. The molecule has 1 aromatic carbocycles. The molecule has 1 heterocycles. The van der Waals surface area contributed by atoms with Crippen molar-refractivity contribution in [2.24, 2.45) is 5.92 Å². The average molecular weight is 384 g/mol. The quantitative estimate of drug-likeness (QED) is 0.646. The first-order valence-electron chi connectivity index (χ1n) is 9.77. The molecule has 0 bridgehead atoms. The Morgan fingerprint density at radius 1 is 1.18 bits per heavy atom. The van der Waals surface area contributed by atoms with Gasteiger partial charge in [0.05, 0.1) is 0 Å². The molecule has 1 aliphatic heterocycles. The van der Waals surface area contributed by atoms with Gasteiger partial charge in [0.25, 0.3) is 5.91 Å². The highest BCUT2D eigenvalue weighted by Gasteiger charge is 2.52. The minimum atomic E-state index is -0.800. The van der Waals surface area contributed by atoms with Crippen LogP contribution in [0.25, 0.3) is 0 Å². The molecule has 4 rings (SSSR count). The van der Waals surface area contributed by atoms with Crippen molar-refractivity contribution in [3.05, 3.63) is 29.8 Å². The van der Waals surface area contributed by atoms with Crippen LogP contribution in [0.2, 0.25) is 0 Å². The summed E-state index contributed by atoms with van der Waals surface area (Å²) in [5.41, 5.74) is 0.721. The predicted octanol–water partition coefficient (Wildman–Crippen LogP) is 1.52. The molecule has 8 heteroatoms. The van der Waals surface area contributed by atoms with Crippen molar-refractivity contribution < 1.29 is 19.2 Å². The Bertz CT molecular complexity index is 827. The zero-order valence-corrected chi connectivity index (χ0v) is 15.6. The molecule has 2 aliphatic carbocycles. The van der Waals surface area contributed by atoms with Crippen molar-refractivity contribution >= 4 is 29.4 Å². The van der Waals surface area contributed by atoms with Crippen molar-refractivity contribution in [2.75, 3.05) is 11.9 Å². The topological polar surface area (TPSA) is 108 Å². The summed E-state index contributed by atoms with van der Waals surface area (Å²) >= 11 is 0. The number of amides is 5. The maximum absolute atomic E-state index is 12.6. The van der Waals surface area contributed by atoms with Crippen LogP contribution in [-0.4, -0.2) is 40.7 Å². The van der Waals surface area contributed by atoms with E-state index in [1.807, 2.05) is 18.2 Å². The molecule has 1 spiro atoms. The van der Waals surface area contributed by atoms with E-state index < -0.39 is 17.5 Å². The molecule has 0 radical (unpaired) electrons. The summed E-state index contributed by atoms with van der Waals surface area (Å²) in [5.74, 6) is -0.544. The van der Waals surface area contributed by atoms with E-state index in [0.29, 0.717) is 18.5 Å². The van der Waals surface area contributed by atoms with Crippen LogP contribution in [0, 0.1) is 5.92 Å². The van der Waals surface area contributed by atoms with Crippen LogP contribution in [0.1, 0.15) is 44.1 Å². The highest BCUT2D eigenvalue weighted by molar-refractivity contribution is 6.09. The monoisotopic (exact) mass is 384 g/mol. The molecule has 3 aliphatic rings. The van der Waals surface area contributed by atoms with E-state index in [1.165, 1.54) is 0 Å². The second kappa shape index (κ2) is 7.26. The van der Waals surface area contributed by atoms with E-state index in [9.17, 15) is 19.2 Å². The SMILES string of the molecule is O=C(CN1C(=O)NC2(CCCC2)C1=O)NCc1cccc(NC(=O)C2CC2)c1. The van der Waals surface area contributed by atoms with Gasteiger partial charge >= 0.3 is 6.03 Å². The smallest absolute Gasteiger partial charge is 0.325 e. The van der Waals surface area contributed by atoms with Gasteiger partial charge < -0.3 is 16.0 Å². The molecule has 1 saturated heterocycles. The van der Waals surface area contributed by atoms with E-state index >= 15 is 0 Å². The van der Waals surface area contributed by atoms with Crippen LogP contribution >= 0.6 is 0 Å². The summed E-state index contributed by atoms with van der Waals surface area (Å²) in [4.78, 5) is 49.9.